The van der Waals surface area contributed by atoms with E-state index in [9.17, 15) is 9.90 Å². The van der Waals surface area contributed by atoms with Gasteiger partial charge in [-0.2, -0.15) is 0 Å². The van der Waals surface area contributed by atoms with Crippen LogP contribution in [0.1, 0.15) is 71.7 Å². The van der Waals surface area contributed by atoms with Gasteiger partial charge in [-0.3, -0.25) is 0 Å². The number of hydrogen-bond acceptors (Lipinski definition) is 5. The quantitative estimate of drug-likeness (QED) is 0.332. The molecule has 1 aromatic heterocycles. The van der Waals surface area contributed by atoms with Crippen LogP contribution in [0.3, 0.4) is 0 Å². The van der Waals surface area contributed by atoms with E-state index in [1.165, 1.54) is 0 Å². The van der Waals surface area contributed by atoms with Crippen molar-refractivity contribution in [2.24, 2.45) is 5.41 Å². The predicted octanol–water partition coefficient (Wildman–Crippen LogP) is 7.23. The lowest BCUT2D eigenvalue weighted by molar-refractivity contribution is -0.205. The largest absolute Gasteiger partial charge is 0.478 e. The highest BCUT2D eigenvalue weighted by atomic mass is 35.5. The van der Waals surface area contributed by atoms with Gasteiger partial charge in [0.2, 0.25) is 0 Å². The van der Waals surface area contributed by atoms with Crippen molar-refractivity contribution >= 4 is 29.2 Å². The highest BCUT2D eigenvalue weighted by Crippen LogP contribution is 2.54. The molecule has 3 heterocycles. The minimum atomic E-state index is -0.917. The van der Waals surface area contributed by atoms with E-state index >= 15 is 0 Å². The van der Waals surface area contributed by atoms with Crippen molar-refractivity contribution in [3.8, 4) is 11.3 Å². The maximum atomic E-state index is 11.4. The number of nitrogens with zero attached hydrogens (tertiary/aromatic N) is 1. The standard InChI is InChI=1S/C28H27Cl2NO5/c29-21-5-2-6-22(30)23(21)24-20(25(36-31-24)17-7-8-17)14-34-15-27-9-11-28(12-10-27,35-16-27)19-4-1-3-18(13-19)26(32)33/h1-6,13,17H,7-12,14-16H2,(H,32,33). The summed E-state index contributed by atoms with van der Waals surface area (Å²) in [5.74, 6) is 0.331. The van der Waals surface area contributed by atoms with Gasteiger partial charge in [0.05, 0.1) is 41.0 Å². The summed E-state index contributed by atoms with van der Waals surface area (Å²) in [6.07, 6.45) is 5.79. The van der Waals surface area contributed by atoms with Gasteiger partial charge in [0.15, 0.2) is 0 Å². The Bertz CT molecular complexity index is 1270. The first-order valence-corrected chi connectivity index (χ1v) is 13.1. The fourth-order valence-electron chi connectivity index (χ4n) is 5.68. The van der Waals surface area contributed by atoms with Crippen LogP contribution in [0.2, 0.25) is 10.0 Å². The molecule has 1 N–H and O–H groups in total. The number of aromatic carboxylic acids is 1. The van der Waals surface area contributed by atoms with E-state index < -0.39 is 11.6 Å². The molecule has 8 heteroatoms. The second-order valence-corrected chi connectivity index (χ2v) is 11.2. The molecule has 0 amide bonds. The molecular weight excluding hydrogens is 501 g/mol. The maximum absolute atomic E-state index is 11.4. The van der Waals surface area contributed by atoms with E-state index in [1.807, 2.05) is 12.1 Å². The summed E-state index contributed by atoms with van der Waals surface area (Å²) < 4.78 is 18.5. The molecule has 0 unspecified atom stereocenters. The zero-order valence-corrected chi connectivity index (χ0v) is 21.3. The van der Waals surface area contributed by atoms with Gasteiger partial charge < -0.3 is 19.1 Å². The molecule has 4 aliphatic rings. The fourth-order valence-corrected chi connectivity index (χ4v) is 6.25. The Morgan fingerprint density at radius 2 is 1.81 bits per heavy atom. The summed E-state index contributed by atoms with van der Waals surface area (Å²) in [5, 5.41) is 14.8. The molecule has 4 fully saturated rings. The number of fused-ring (bicyclic) bond motifs is 3. The van der Waals surface area contributed by atoms with Gasteiger partial charge in [0, 0.05) is 22.5 Å². The third kappa shape index (κ3) is 4.24. The predicted molar refractivity (Wildman–Crippen MR) is 136 cm³/mol. The van der Waals surface area contributed by atoms with Crippen molar-refractivity contribution < 1.29 is 23.9 Å². The average Bonchev–Trinajstić information content (AvgIpc) is 3.66. The highest BCUT2D eigenvalue weighted by molar-refractivity contribution is 6.39. The van der Waals surface area contributed by atoms with Crippen LogP contribution in [0.5, 0.6) is 0 Å². The van der Waals surface area contributed by atoms with E-state index in [4.69, 9.17) is 37.2 Å². The Balaban J connectivity index is 1.16. The smallest absolute Gasteiger partial charge is 0.335 e. The summed E-state index contributed by atoms with van der Waals surface area (Å²) >= 11 is 13.0. The van der Waals surface area contributed by atoms with Crippen molar-refractivity contribution in [1.82, 2.24) is 5.16 Å². The highest BCUT2D eigenvalue weighted by Gasteiger charge is 2.51. The number of aromatic nitrogens is 1. The Morgan fingerprint density at radius 3 is 2.44 bits per heavy atom. The summed E-state index contributed by atoms with van der Waals surface area (Å²) in [6, 6.07) is 12.6. The van der Waals surface area contributed by atoms with Crippen LogP contribution in [0.15, 0.2) is 47.0 Å². The molecule has 0 radical (unpaired) electrons. The molecule has 2 saturated carbocycles. The van der Waals surface area contributed by atoms with E-state index in [0.29, 0.717) is 52.6 Å². The number of rotatable bonds is 8. The van der Waals surface area contributed by atoms with E-state index in [-0.39, 0.29) is 5.41 Å². The minimum Gasteiger partial charge on any atom is -0.478 e. The summed E-state index contributed by atoms with van der Waals surface area (Å²) in [6.45, 7) is 1.54. The first kappa shape index (κ1) is 24.0. The van der Waals surface area contributed by atoms with Crippen LogP contribution in [0, 0.1) is 5.41 Å². The Kier molecular flexibility index (Phi) is 6.11. The average molecular weight is 528 g/mol. The molecule has 2 bridgehead atoms. The number of ether oxygens (including phenoxy) is 2. The number of carboxylic acid groups (broad SMARTS) is 1. The molecule has 2 aliphatic heterocycles. The van der Waals surface area contributed by atoms with E-state index in [2.05, 4.69) is 5.16 Å². The third-order valence-electron chi connectivity index (χ3n) is 8.03. The van der Waals surface area contributed by atoms with Crippen molar-refractivity contribution in [1.29, 1.82) is 0 Å². The van der Waals surface area contributed by atoms with E-state index in [0.717, 1.165) is 55.4 Å². The van der Waals surface area contributed by atoms with Gasteiger partial charge in [-0.15, -0.1) is 0 Å². The zero-order chi connectivity index (χ0) is 24.9. The first-order valence-electron chi connectivity index (χ1n) is 12.4. The molecule has 36 heavy (non-hydrogen) atoms. The second kappa shape index (κ2) is 9.18. The normalized spacial score (nSPS) is 25.3. The number of hydrogen-bond donors (Lipinski definition) is 1. The van der Waals surface area contributed by atoms with Gasteiger partial charge in [0.25, 0.3) is 0 Å². The number of carboxylic acids is 1. The summed E-state index contributed by atoms with van der Waals surface area (Å²) in [7, 11) is 0. The van der Waals surface area contributed by atoms with Gasteiger partial charge in [-0.25, -0.2) is 4.79 Å². The molecule has 2 aromatic carbocycles. The summed E-state index contributed by atoms with van der Waals surface area (Å²) in [5.41, 5.74) is 3.06. The van der Waals surface area contributed by atoms with Crippen molar-refractivity contribution in [3.63, 3.8) is 0 Å². The van der Waals surface area contributed by atoms with Crippen molar-refractivity contribution in [2.45, 2.75) is 56.7 Å². The SMILES string of the molecule is O=C(O)c1cccc(C23CCC(COCc4c(-c5c(Cl)cccc5Cl)noc4C4CC4)(CC2)CO3)c1. The lowest BCUT2D eigenvalue weighted by Crippen LogP contribution is -2.51. The molecule has 0 atom stereocenters. The molecule has 188 valence electrons. The van der Waals surface area contributed by atoms with Crippen LogP contribution in [0.25, 0.3) is 11.3 Å². The maximum Gasteiger partial charge on any atom is 0.335 e. The number of halogens is 2. The second-order valence-electron chi connectivity index (χ2n) is 10.4. The van der Waals surface area contributed by atoms with E-state index in [1.54, 1.807) is 30.3 Å². The Labute approximate surface area is 219 Å². The molecular formula is C28H27Cl2NO5. The topological polar surface area (TPSA) is 81.8 Å². The van der Waals surface area contributed by atoms with Crippen LogP contribution in [0.4, 0.5) is 0 Å². The monoisotopic (exact) mass is 527 g/mol. The van der Waals surface area contributed by atoms with Crippen LogP contribution >= 0.6 is 23.2 Å². The van der Waals surface area contributed by atoms with Crippen molar-refractivity contribution in [2.75, 3.05) is 13.2 Å². The van der Waals surface area contributed by atoms with Gasteiger partial charge in [0.1, 0.15) is 11.5 Å². The van der Waals surface area contributed by atoms with Gasteiger partial charge in [-0.05, 0) is 68.4 Å². The van der Waals surface area contributed by atoms with Crippen LogP contribution in [-0.2, 0) is 21.7 Å². The van der Waals surface area contributed by atoms with Gasteiger partial charge >= 0.3 is 5.97 Å². The minimum absolute atomic E-state index is 0.0503. The molecule has 2 aliphatic carbocycles. The van der Waals surface area contributed by atoms with Crippen LogP contribution in [-0.4, -0.2) is 29.4 Å². The number of benzene rings is 2. The third-order valence-corrected chi connectivity index (χ3v) is 8.66. The fraction of sp³-hybridized carbons (Fsp3) is 0.429. The number of carbonyl (C=O) groups is 1. The van der Waals surface area contributed by atoms with Gasteiger partial charge in [-0.1, -0.05) is 46.6 Å². The van der Waals surface area contributed by atoms with Crippen LogP contribution < -0.4 is 0 Å². The molecule has 2 saturated heterocycles. The molecule has 3 aromatic rings. The first-order chi connectivity index (χ1) is 17.4. The zero-order valence-electron chi connectivity index (χ0n) is 19.8. The molecule has 7 rings (SSSR count). The van der Waals surface area contributed by atoms with Crippen molar-refractivity contribution in [3.05, 3.63) is 75.0 Å². The molecule has 6 nitrogen and oxygen atoms in total. The summed E-state index contributed by atoms with van der Waals surface area (Å²) in [4.78, 5) is 11.4. The lowest BCUT2D eigenvalue weighted by atomic mass is 9.64. The Hall–Kier alpha value is -2.38. The lowest BCUT2D eigenvalue weighted by Gasteiger charge is -2.53. The Morgan fingerprint density at radius 1 is 1.08 bits per heavy atom. The molecule has 0 spiro atoms.